The maximum Gasteiger partial charge on any atom is 0.224 e. The van der Waals surface area contributed by atoms with Crippen LogP contribution in [0, 0.1) is 6.92 Å². The first-order chi connectivity index (χ1) is 6.15. The lowest BCUT2D eigenvalue weighted by Gasteiger charge is -2.08. The number of amides is 1. The lowest BCUT2D eigenvalue weighted by Crippen LogP contribution is -2.10. The second kappa shape index (κ2) is 3.94. The largest absolute Gasteiger partial charge is 0.398 e. The molecular formula is C10H14N2O. The Hall–Kier alpha value is -1.51. The maximum absolute atomic E-state index is 11.1. The monoisotopic (exact) mass is 178 g/mol. The van der Waals surface area contributed by atoms with Gasteiger partial charge >= 0.3 is 0 Å². The molecule has 13 heavy (non-hydrogen) atoms. The van der Waals surface area contributed by atoms with Crippen molar-refractivity contribution in [3.8, 4) is 0 Å². The fourth-order valence-electron chi connectivity index (χ4n) is 1.03. The molecule has 1 amide bonds. The molecule has 3 heteroatoms. The zero-order chi connectivity index (χ0) is 9.84. The van der Waals surface area contributed by atoms with Gasteiger partial charge in [0.05, 0.1) is 0 Å². The molecule has 0 fully saturated rings. The summed E-state index contributed by atoms with van der Waals surface area (Å²) in [6.45, 7) is 3.71. The van der Waals surface area contributed by atoms with Gasteiger partial charge in [-0.2, -0.15) is 0 Å². The standard InChI is InChI=1S/C10H14N2O/c1-3-10(13)12-9-6-4-5-8(11)7(9)2/h4-6H,3,11H2,1-2H3,(H,12,13). The van der Waals surface area contributed by atoms with Gasteiger partial charge in [0.2, 0.25) is 5.91 Å². The molecular weight excluding hydrogens is 164 g/mol. The van der Waals surface area contributed by atoms with Crippen LogP contribution in [-0.2, 0) is 4.79 Å². The van der Waals surface area contributed by atoms with E-state index in [9.17, 15) is 4.79 Å². The number of anilines is 2. The number of nitrogens with one attached hydrogen (secondary N) is 1. The van der Waals surface area contributed by atoms with Gasteiger partial charge in [0.25, 0.3) is 0 Å². The molecule has 70 valence electrons. The molecule has 3 N–H and O–H groups in total. The normalized spacial score (nSPS) is 9.69. The van der Waals surface area contributed by atoms with Gasteiger partial charge in [0.1, 0.15) is 0 Å². The molecule has 0 aliphatic heterocycles. The molecule has 0 heterocycles. The van der Waals surface area contributed by atoms with Gasteiger partial charge in [0, 0.05) is 17.8 Å². The predicted octanol–water partition coefficient (Wildman–Crippen LogP) is 1.93. The van der Waals surface area contributed by atoms with E-state index in [1.165, 1.54) is 0 Å². The Morgan fingerprint density at radius 1 is 1.54 bits per heavy atom. The average Bonchev–Trinajstić information content (AvgIpc) is 2.13. The van der Waals surface area contributed by atoms with Crippen LogP contribution in [0.2, 0.25) is 0 Å². The third-order valence-corrected chi connectivity index (χ3v) is 1.97. The second-order valence-corrected chi connectivity index (χ2v) is 2.92. The molecule has 0 unspecified atom stereocenters. The first kappa shape index (κ1) is 9.58. The number of benzene rings is 1. The van der Waals surface area contributed by atoms with Crippen molar-refractivity contribution in [2.24, 2.45) is 0 Å². The van der Waals surface area contributed by atoms with E-state index in [4.69, 9.17) is 5.73 Å². The summed E-state index contributed by atoms with van der Waals surface area (Å²) < 4.78 is 0. The van der Waals surface area contributed by atoms with Crippen molar-refractivity contribution in [2.45, 2.75) is 20.3 Å². The molecule has 1 aromatic rings. The van der Waals surface area contributed by atoms with Crippen molar-refractivity contribution in [3.05, 3.63) is 23.8 Å². The van der Waals surface area contributed by atoms with Crippen molar-refractivity contribution in [1.29, 1.82) is 0 Å². The van der Waals surface area contributed by atoms with Crippen molar-refractivity contribution < 1.29 is 4.79 Å². The summed E-state index contributed by atoms with van der Waals surface area (Å²) in [7, 11) is 0. The topological polar surface area (TPSA) is 55.1 Å². The van der Waals surface area contributed by atoms with Crippen LogP contribution >= 0.6 is 0 Å². The summed E-state index contributed by atoms with van der Waals surface area (Å²) in [5, 5.41) is 2.78. The predicted molar refractivity (Wildman–Crippen MR) is 54.5 cm³/mol. The van der Waals surface area contributed by atoms with E-state index in [-0.39, 0.29) is 5.91 Å². The van der Waals surface area contributed by atoms with E-state index in [1.807, 2.05) is 32.0 Å². The molecule has 0 spiro atoms. The van der Waals surface area contributed by atoms with Gasteiger partial charge in [0.15, 0.2) is 0 Å². The lowest BCUT2D eigenvalue weighted by molar-refractivity contribution is -0.115. The van der Waals surface area contributed by atoms with Gasteiger partial charge in [-0.05, 0) is 24.6 Å². The van der Waals surface area contributed by atoms with Crippen LogP contribution in [0.4, 0.5) is 11.4 Å². The van der Waals surface area contributed by atoms with Crippen LogP contribution < -0.4 is 11.1 Å². The van der Waals surface area contributed by atoms with Crippen LogP contribution in [0.3, 0.4) is 0 Å². The van der Waals surface area contributed by atoms with E-state index in [0.29, 0.717) is 12.1 Å². The molecule has 1 rings (SSSR count). The summed E-state index contributed by atoms with van der Waals surface area (Å²) >= 11 is 0. The first-order valence-corrected chi connectivity index (χ1v) is 4.30. The highest BCUT2D eigenvalue weighted by Crippen LogP contribution is 2.20. The highest BCUT2D eigenvalue weighted by atomic mass is 16.1. The van der Waals surface area contributed by atoms with Crippen molar-refractivity contribution in [3.63, 3.8) is 0 Å². The average molecular weight is 178 g/mol. The molecule has 1 aromatic carbocycles. The zero-order valence-electron chi connectivity index (χ0n) is 7.92. The summed E-state index contributed by atoms with van der Waals surface area (Å²) in [4.78, 5) is 11.1. The quantitative estimate of drug-likeness (QED) is 0.680. The number of rotatable bonds is 2. The van der Waals surface area contributed by atoms with Gasteiger partial charge in [-0.15, -0.1) is 0 Å². The zero-order valence-corrected chi connectivity index (χ0v) is 7.92. The van der Waals surface area contributed by atoms with E-state index >= 15 is 0 Å². The smallest absolute Gasteiger partial charge is 0.224 e. The van der Waals surface area contributed by atoms with Gasteiger partial charge in [-0.3, -0.25) is 4.79 Å². The minimum absolute atomic E-state index is 0.00806. The van der Waals surface area contributed by atoms with Crippen LogP contribution in [0.1, 0.15) is 18.9 Å². The Kier molecular flexibility index (Phi) is 2.90. The third kappa shape index (κ3) is 2.21. The SMILES string of the molecule is CCC(=O)Nc1cccc(N)c1C. The van der Waals surface area contributed by atoms with Crippen molar-refractivity contribution in [2.75, 3.05) is 11.1 Å². The Labute approximate surface area is 77.9 Å². The number of nitrogens with two attached hydrogens (primary N) is 1. The summed E-state index contributed by atoms with van der Waals surface area (Å²) in [5.41, 5.74) is 8.11. The molecule has 0 aromatic heterocycles. The van der Waals surface area contributed by atoms with E-state index in [2.05, 4.69) is 5.32 Å². The molecule has 0 saturated carbocycles. The van der Waals surface area contributed by atoms with Crippen LogP contribution in [-0.4, -0.2) is 5.91 Å². The molecule has 0 saturated heterocycles. The summed E-state index contributed by atoms with van der Waals surface area (Å²) in [6.07, 6.45) is 0.480. The third-order valence-electron chi connectivity index (χ3n) is 1.97. The van der Waals surface area contributed by atoms with Crippen LogP contribution in [0.5, 0.6) is 0 Å². The Morgan fingerprint density at radius 2 is 2.23 bits per heavy atom. The maximum atomic E-state index is 11.1. The Bertz CT molecular complexity index is 321. The van der Waals surface area contributed by atoms with Gasteiger partial charge < -0.3 is 11.1 Å². The fraction of sp³-hybridized carbons (Fsp3) is 0.300. The number of hydrogen-bond acceptors (Lipinski definition) is 2. The summed E-state index contributed by atoms with van der Waals surface area (Å²) in [5.74, 6) is 0.00806. The molecule has 0 aliphatic rings. The first-order valence-electron chi connectivity index (χ1n) is 4.30. The van der Waals surface area contributed by atoms with Crippen molar-refractivity contribution >= 4 is 17.3 Å². The summed E-state index contributed by atoms with van der Waals surface area (Å²) in [6, 6.07) is 5.49. The number of hydrogen-bond donors (Lipinski definition) is 2. The van der Waals surface area contributed by atoms with Crippen LogP contribution in [0.25, 0.3) is 0 Å². The Morgan fingerprint density at radius 3 is 2.85 bits per heavy atom. The fourth-order valence-corrected chi connectivity index (χ4v) is 1.03. The molecule has 3 nitrogen and oxygen atoms in total. The minimum atomic E-state index is 0.00806. The van der Waals surface area contributed by atoms with Crippen LogP contribution in [0.15, 0.2) is 18.2 Å². The van der Waals surface area contributed by atoms with E-state index in [0.717, 1.165) is 11.3 Å². The second-order valence-electron chi connectivity index (χ2n) is 2.92. The lowest BCUT2D eigenvalue weighted by atomic mass is 10.1. The Balaban J connectivity index is 2.89. The molecule has 0 radical (unpaired) electrons. The molecule has 0 atom stereocenters. The van der Waals surface area contributed by atoms with Crippen molar-refractivity contribution in [1.82, 2.24) is 0 Å². The van der Waals surface area contributed by atoms with Gasteiger partial charge in [-0.1, -0.05) is 13.0 Å². The number of carbonyl (C=O) groups excluding carboxylic acids is 1. The molecule has 0 bridgehead atoms. The minimum Gasteiger partial charge on any atom is -0.398 e. The van der Waals surface area contributed by atoms with E-state index in [1.54, 1.807) is 0 Å². The molecule has 0 aliphatic carbocycles. The highest BCUT2D eigenvalue weighted by Gasteiger charge is 2.03. The number of nitrogen functional groups attached to an aromatic ring is 1. The highest BCUT2D eigenvalue weighted by molar-refractivity contribution is 5.92. The van der Waals surface area contributed by atoms with E-state index < -0.39 is 0 Å². The number of carbonyl (C=O) groups is 1. The van der Waals surface area contributed by atoms with Gasteiger partial charge in [-0.25, -0.2) is 0 Å².